The molecule has 0 fully saturated rings. The van der Waals surface area contributed by atoms with Crippen LogP contribution in [0.5, 0.6) is 11.5 Å². The maximum absolute atomic E-state index is 6.05. The van der Waals surface area contributed by atoms with Gasteiger partial charge in [0.25, 0.3) is 0 Å². The SMILES string of the molecule is Cc1cc(Cl)cc(C)c1Oc1cncc(CNC(C)C)c1. The predicted octanol–water partition coefficient (Wildman–Crippen LogP) is 4.64. The van der Waals surface area contributed by atoms with Crippen LogP contribution in [0.4, 0.5) is 0 Å². The molecule has 0 radical (unpaired) electrons. The quantitative estimate of drug-likeness (QED) is 0.873. The average molecular weight is 305 g/mol. The van der Waals surface area contributed by atoms with E-state index < -0.39 is 0 Å². The highest BCUT2D eigenvalue weighted by atomic mass is 35.5. The fraction of sp³-hybridized carbons (Fsp3) is 0.353. The van der Waals surface area contributed by atoms with Gasteiger partial charge in [-0.15, -0.1) is 0 Å². The van der Waals surface area contributed by atoms with Crippen molar-refractivity contribution in [1.29, 1.82) is 0 Å². The summed E-state index contributed by atoms with van der Waals surface area (Å²) in [5, 5.41) is 4.10. The fourth-order valence-electron chi connectivity index (χ4n) is 2.11. The first-order valence-corrected chi connectivity index (χ1v) is 7.45. The Hall–Kier alpha value is -1.58. The number of benzene rings is 1. The summed E-state index contributed by atoms with van der Waals surface area (Å²) in [4.78, 5) is 4.24. The molecule has 0 saturated carbocycles. The van der Waals surface area contributed by atoms with E-state index in [1.807, 2.05) is 38.2 Å². The molecule has 1 N–H and O–H groups in total. The maximum Gasteiger partial charge on any atom is 0.146 e. The van der Waals surface area contributed by atoms with Crippen LogP contribution >= 0.6 is 11.6 Å². The standard InChI is InChI=1S/C17H21ClN2O/c1-11(2)20-9-14-7-16(10-19-8-14)21-17-12(3)5-15(18)6-13(17)4/h5-8,10-11,20H,9H2,1-4H3. The lowest BCUT2D eigenvalue weighted by Crippen LogP contribution is -2.21. The van der Waals surface area contributed by atoms with Gasteiger partial charge in [0, 0.05) is 23.8 Å². The first-order chi connectivity index (χ1) is 9.95. The molecule has 0 aliphatic carbocycles. The van der Waals surface area contributed by atoms with Crippen molar-refractivity contribution in [1.82, 2.24) is 10.3 Å². The van der Waals surface area contributed by atoms with E-state index in [1.165, 1.54) is 0 Å². The summed E-state index contributed by atoms with van der Waals surface area (Å²) in [5.41, 5.74) is 3.14. The number of halogens is 1. The van der Waals surface area contributed by atoms with Crippen LogP contribution in [0, 0.1) is 13.8 Å². The van der Waals surface area contributed by atoms with Crippen molar-refractivity contribution in [2.75, 3.05) is 0 Å². The van der Waals surface area contributed by atoms with Crippen LogP contribution in [0.25, 0.3) is 0 Å². The van der Waals surface area contributed by atoms with Crippen molar-refractivity contribution in [3.05, 3.63) is 52.3 Å². The zero-order chi connectivity index (χ0) is 15.4. The zero-order valence-corrected chi connectivity index (χ0v) is 13.7. The number of hydrogen-bond acceptors (Lipinski definition) is 3. The Bertz CT molecular complexity index is 603. The van der Waals surface area contributed by atoms with E-state index in [2.05, 4.69) is 24.1 Å². The molecule has 1 heterocycles. The topological polar surface area (TPSA) is 34.1 Å². The third-order valence-corrected chi connectivity index (χ3v) is 3.35. The summed E-state index contributed by atoms with van der Waals surface area (Å²) in [6.45, 7) is 9.00. The highest BCUT2D eigenvalue weighted by Crippen LogP contribution is 2.31. The fourth-order valence-corrected chi connectivity index (χ4v) is 2.44. The first kappa shape index (κ1) is 15.8. The van der Waals surface area contributed by atoms with Gasteiger partial charge in [0.15, 0.2) is 0 Å². The molecule has 0 spiro atoms. The van der Waals surface area contributed by atoms with Gasteiger partial charge in [-0.25, -0.2) is 0 Å². The number of ether oxygens (including phenoxy) is 1. The second-order valence-corrected chi connectivity index (χ2v) is 5.97. The number of nitrogens with zero attached hydrogens (tertiary/aromatic N) is 1. The van der Waals surface area contributed by atoms with Crippen molar-refractivity contribution in [3.63, 3.8) is 0 Å². The molecule has 2 aromatic rings. The lowest BCUT2D eigenvalue weighted by atomic mass is 10.1. The minimum atomic E-state index is 0.440. The van der Waals surface area contributed by atoms with Crippen molar-refractivity contribution >= 4 is 11.6 Å². The molecular weight excluding hydrogens is 284 g/mol. The largest absolute Gasteiger partial charge is 0.455 e. The Morgan fingerprint density at radius 2 is 1.81 bits per heavy atom. The highest BCUT2D eigenvalue weighted by molar-refractivity contribution is 6.30. The molecule has 0 saturated heterocycles. The summed E-state index contributed by atoms with van der Waals surface area (Å²) < 4.78 is 5.99. The van der Waals surface area contributed by atoms with Crippen molar-refractivity contribution in [3.8, 4) is 11.5 Å². The Morgan fingerprint density at radius 3 is 2.43 bits per heavy atom. The van der Waals surface area contributed by atoms with Crippen molar-refractivity contribution in [2.24, 2.45) is 0 Å². The minimum Gasteiger partial charge on any atom is -0.455 e. The number of hydrogen-bond donors (Lipinski definition) is 1. The van der Waals surface area contributed by atoms with Crippen LogP contribution in [0.15, 0.2) is 30.6 Å². The third-order valence-electron chi connectivity index (χ3n) is 3.13. The highest BCUT2D eigenvalue weighted by Gasteiger charge is 2.08. The normalized spacial score (nSPS) is 11.0. The summed E-state index contributed by atoms with van der Waals surface area (Å²) >= 11 is 6.05. The van der Waals surface area contributed by atoms with Crippen LogP contribution in [0.1, 0.15) is 30.5 Å². The Labute approximate surface area is 131 Å². The molecule has 1 aromatic heterocycles. The molecule has 0 aliphatic rings. The average Bonchev–Trinajstić information content (AvgIpc) is 2.41. The number of aromatic nitrogens is 1. The third kappa shape index (κ3) is 4.45. The molecule has 0 atom stereocenters. The van der Waals surface area contributed by atoms with Gasteiger partial charge in [-0.1, -0.05) is 25.4 Å². The minimum absolute atomic E-state index is 0.440. The maximum atomic E-state index is 6.05. The smallest absolute Gasteiger partial charge is 0.146 e. The molecule has 3 nitrogen and oxygen atoms in total. The first-order valence-electron chi connectivity index (χ1n) is 7.07. The van der Waals surface area contributed by atoms with Gasteiger partial charge in [-0.2, -0.15) is 0 Å². The van der Waals surface area contributed by atoms with E-state index >= 15 is 0 Å². The van der Waals surface area contributed by atoms with Gasteiger partial charge in [0.1, 0.15) is 11.5 Å². The number of pyridine rings is 1. The molecule has 21 heavy (non-hydrogen) atoms. The van der Waals surface area contributed by atoms with Gasteiger partial charge in [0.05, 0.1) is 6.20 Å². The van der Waals surface area contributed by atoms with Crippen LogP contribution in [0.3, 0.4) is 0 Å². The van der Waals surface area contributed by atoms with Crippen molar-refractivity contribution in [2.45, 2.75) is 40.3 Å². The van der Waals surface area contributed by atoms with Gasteiger partial charge < -0.3 is 10.1 Å². The Kier molecular flexibility index (Phi) is 5.21. The molecule has 0 unspecified atom stereocenters. The lowest BCUT2D eigenvalue weighted by molar-refractivity contribution is 0.471. The van der Waals surface area contributed by atoms with Crippen LogP contribution in [-0.4, -0.2) is 11.0 Å². The van der Waals surface area contributed by atoms with Gasteiger partial charge in [-0.3, -0.25) is 4.98 Å². The van der Waals surface area contributed by atoms with Gasteiger partial charge >= 0.3 is 0 Å². The second-order valence-electron chi connectivity index (χ2n) is 5.54. The molecule has 4 heteroatoms. The zero-order valence-electron chi connectivity index (χ0n) is 12.9. The van der Waals surface area contributed by atoms with Crippen LogP contribution < -0.4 is 10.1 Å². The Balaban J connectivity index is 2.18. The molecule has 112 valence electrons. The van der Waals surface area contributed by atoms with Crippen LogP contribution in [0.2, 0.25) is 5.02 Å². The molecule has 0 bridgehead atoms. The second kappa shape index (κ2) is 6.92. The van der Waals surface area contributed by atoms with E-state index in [1.54, 1.807) is 6.20 Å². The van der Waals surface area contributed by atoms with Gasteiger partial charge in [0.2, 0.25) is 0 Å². The van der Waals surface area contributed by atoms with E-state index in [4.69, 9.17) is 16.3 Å². The Morgan fingerprint density at radius 1 is 1.14 bits per heavy atom. The van der Waals surface area contributed by atoms with Gasteiger partial charge in [-0.05, 0) is 48.7 Å². The summed E-state index contributed by atoms with van der Waals surface area (Å²) in [5.74, 6) is 1.58. The molecule has 0 aliphatic heterocycles. The molecule has 0 amide bonds. The summed E-state index contributed by atoms with van der Waals surface area (Å²) in [6, 6.07) is 6.26. The number of aryl methyl sites for hydroxylation is 2. The molecule has 1 aromatic carbocycles. The summed E-state index contributed by atoms with van der Waals surface area (Å²) in [7, 11) is 0. The van der Waals surface area contributed by atoms with E-state index in [9.17, 15) is 0 Å². The molecular formula is C17H21ClN2O. The van der Waals surface area contributed by atoms with E-state index in [0.29, 0.717) is 6.04 Å². The number of rotatable bonds is 5. The van der Waals surface area contributed by atoms with E-state index in [-0.39, 0.29) is 0 Å². The summed E-state index contributed by atoms with van der Waals surface area (Å²) in [6.07, 6.45) is 3.58. The van der Waals surface area contributed by atoms with Crippen molar-refractivity contribution < 1.29 is 4.74 Å². The van der Waals surface area contributed by atoms with E-state index in [0.717, 1.165) is 39.8 Å². The number of nitrogens with one attached hydrogen (secondary N) is 1. The monoisotopic (exact) mass is 304 g/mol. The van der Waals surface area contributed by atoms with Crippen LogP contribution in [-0.2, 0) is 6.54 Å². The predicted molar refractivity (Wildman–Crippen MR) is 87.2 cm³/mol. The molecule has 2 rings (SSSR count). The lowest BCUT2D eigenvalue weighted by Gasteiger charge is -2.13.